The highest BCUT2D eigenvalue weighted by atomic mass is 79.9. The van der Waals surface area contributed by atoms with Crippen molar-refractivity contribution in [3.63, 3.8) is 0 Å². The average Bonchev–Trinajstić information content (AvgIpc) is 3.40. The normalized spacial score (nSPS) is 11.2. The molecule has 0 aliphatic rings. The molecule has 5 rings (SSSR count). The van der Waals surface area contributed by atoms with E-state index in [2.05, 4.69) is 26.0 Å². The summed E-state index contributed by atoms with van der Waals surface area (Å²) in [6.45, 7) is 2.12. The molecule has 2 aromatic carbocycles. The molecule has 8 heteroatoms. The Morgan fingerprint density at radius 1 is 1.09 bits per heavy atom. The molecule has 160 valence electrons. The SMILES string of the molecule is COc1ccc(Br)cc1-c1nc(Cn2ccn3nc(-c4ccccc4)cc3c2=O)c(C)o1. The molecule has 0 saturated carbocycles. The zero-order valence-electron chi connectivity index (χ0n) is 17.4. The quantitative estimate of drug-likeness (QED) is 0.348. The van der Waals surface area contributed by atoms with Crippen LogP contribution in [-0.2, 0) is 6.54 Å². The number of fused-ring (bicyclic) bond motifs is 1. The lowest BCUT2D eigenvalue weighted by atomic mass is 10.1. The van der Waals surface area contributed by atoms with Gasteiger partial charge in [0.1, 0.15) is 22.7 Å². The number of hydrogen-bond acceptors (Lipinski definition) is 5. The maximum Gasteiger partial charge on any atom is 0.276 e. The highest BCUT2D eigenvalue weighted by molar-refractivity contribution is 9.10. The number of aromatic nitrogens is 4. The van der Waals surface area contributed by atoms with Crippen molar-refractivity contribution in [2.24, 2.45) is 0 Å². The Bertz CT molecular complexity index is 1480. The molecular formula is C24H19BrN4O3. The first kappa shape index (κ1) is 20.3. The first-order valence-electron chi connectivity index (χ1n) is 9.98. The second-order valence-electron chi connectivity index (χ2n) is 7.32. The monoisotopic (exact) mass is 490 g/mol. The molecule has 3 aromatic heterocycles. The number of ether oxygens (including phenoxy) is 1. The van der Waals surface area contributed by atoms with Crippen LogP contribution in [-0.4, -0.2) is 26.3 Å². The molecule has 5 aromatic rings. The van der Waals surface area contributed by atoms with E-state index in [4.69, 9.17) is 9.15 Å². The van der Waals surface area contributed by atoms with Crippen molar-refractivity contribution in [1.82, 2.24) is 19.2 Å². The van der Waals surface area contributed by atoms with Crippen molar-refractivity contribution in [2.75, 3.05) is 7.11 Å². The number of rotatable bonds is 5. The van der Waals surface area contributed by atoms with Crippen molar-refractivity contribution in [1.29, 1.82) is 0 Å². The number of aryl methyl sites for hydroxylation is 1. The molecule has 0 spiro atoms. The predicted octanol–water partition coefficient (Wildman–Crippen LogP) is 4.95. The first-order valence-corrected chi connectivity index (χ1v) is 10.8. The van der Waals surface area contributed by atoms with Crippen LogP contribution in [0.3, 0.4) is 0 Å². The second-order valence-corrected chi connectivity index (χ2v) is 8.24. The van der Waals surface area contributed by atoms with Gasteiger partial charge in [0.05, 0.1) is 24.9 Å². The van der Waals surface area contributed by atoms with Crippen LogP contribution in [0.25, 0.3) is 28.2 Å². The highest BCUT2D eigenvalue weighted by Gasteiger charge is 2.17. The van der Waals surface area contributed by atoms with E-state index in [9.17, 15) is 4.79 Å². The van der Waals surface area contributed by atoms with E-state index in [1.807, 2.05) is 61.5 Å². The number of halogens is 1. The van der Waals surface area contributed by atoms with Crippen LogP contribution in [0, 0.1) is 6.92 Å². The van der Waals surface area contributed by atoms with Crippen LogP contribution < -0.4 is 10.3 Å². The summed E-state index contributed by atoms with van der Waals surface area (Å²) in [6, 6.07) is 17.2. The van der Waals surface area contributed by atoms with E-state index in [-0.39, 0.29) is 12.1 Å². The van der Waals surface area contributed by atoms with Gasteiger partial charge >= 0.3 is 0 Å². The van der Waals surface area contributed by atoms with Crippen LogP contribution in [0.15, 0.2) is 80.7 Å². The lowest BCUT2D eigenvalue weighted by Gasteiger charge is -2.05. The number of nitrogens with zero attached hydrogens (tertiary/aromatic N) is 4. The summed E-state index contributed by atoms with van der Waals surface area (Å²) < 4.78 is 15.5. The second kappa shape index (κ2) is 8.12. The summed E-state index contributed by atoms with van der Waals surface area (Å²) in [4.78, 5) is 17.8. The lowest BCUT2D eigenvalue weighted by molar-refractivity contribution is 0.414. The minimum absolute atomic E-state index is 0.147. The van der Waals surface area contributed by atoms with Gasteiger partial charge in [-0.3, -0.25) is 4.79 Å². The number of oxazole rings is 1. The lowest BCUT2D eigenvalue weighted by Crippen LogP contribution is -2.22. The Kier molecular flexibility index (Phi) is 5.14. The van der Waals surface area contributed by atoms with Crippen LogP contribution in [0.5, 0.6) is 5.75 Å². The van der Waals surface area contributed by atoms with Gasteiger partial charge in [0.15, 0.2) is 0 Å². The Balaban J connectivity index is 1.51. The molecule has 3 heterocycles. The smallest absolute Gasteiger partial charge is 0.276 e. The molecule has 0 atom stereocenters. The van der Waals surface area contributed by atoms with Crippen molar-refractivity contribution in [3.8, 4) is 28.5 Å². The van der Waals surface area contributed by atoms with Crippen LogP contribution in [0.4, 0.5) is 0 Å². The number of hydrogen-bond donors (Lipinski definition) is 0. The fraction of sp³-hybridized carbons (Fsp3) is 0.125. The van der Waals surface area contributed by atoms with Crippen molar-refractivity contribution >= 4 is 21.4 Å². The van der Waals surface area contributed by atoms with Crippen molar-refractivity contribution in [3.05, 3.63) is 93.3 Å². The van der Waals surface area contributed by atoms with Crippen LogP contribution in [0.2, 0.25) is 0 Å². The summed E-state index contributed by atoms with van der Waals surface area (Å²) >= 11 is 3.47. The zero-order valence-corrected chi connectivity index (χ0v) is 19.0. The first-order chi connectivity index (χ1) is 15.5. The summed E-state index contributed by atoms with van der Waals surface area (Å²) in [5.41, 5.74) is 3.48. The van der Waals surface area contributed by atoms with Crippen molar-refractivity contribution in [2.45, 2.75) is 13.5 Å². The minimum Gasteiger partial charge on any atom is -0.496 e. The Morgan fingerprint density at radius 2 is 1.91 bits per heavy atom. The van der Waals surface area contributed by atoms with E-state index in [1.165, 1.54) is 0 Å². The predicted molar refractivity (Wildman–Crippen MR) is 125 cm³/mol. The topological polar surface area (TPSA) is 74.6 Å². The van der Waals surface area contributed by atoms with Crippen LogP contribution in [0.1, 0.15) is 11.5 Å². The van der Waals surface area contributed by atoms with Crippen molar-refractivity contribution < 1.29 is 9.15 Å². The third-order valence-electron chi connectivity index (χ3n) is 5.28. The molecule has 0 saturated heterocycles. The highest BCUT2D eigenvalue weighted by Crippen LogP contribution is 2.33. The Morgan fingerprint density at radius 3 is 2.69 bits per heavy atom. The van der Waals surface area contributed by atoms with Gasteiger partial charge < -0.3 is 13.7 Å². The minimum atomic E-state index is -0.147. The van der Waals surface area contributed by atoms with Gasteiger partial charge in [0.2, 0.25) is 5.89 Å². The van der Waals surface area contributed by atoms with Gasteiger partial charge in [0.25, 0.3) is 5.56 Å². The van der Waals surface area contributed by atoms with E-state index in [0.29, 0.717) is 28.6 Å². The van der Waals surface area contributed by atoms with E-state index < -0.39 is 0 Å². The zero-order chi connectivity index (χ0) is 22.2. The Labute approximate surface area is 192 Å². The molecule has 0 bridgehead atoms. The molecule has 0 aliphatic carbocycles. The molecule has 0 radical (unpaired) electrons. The van der Waals surface area contributed by atoms with Gasteiger partial charge in [-0.1, -0.05) is 46.3 Å². The molecule has 0 amide bonds. The third kappa shape index (κ3) is 3.62. The molecule has 0 aliphatic heterocycles. The van der Waals surface area contributed by atoms with Crippen LogP contribution >= 0.6 is 15.9 Å². The number of benzene rings is 2. The number of methoxy groups -OCH3 is 1. The molecule has 32 heavy (non-hydrogen) atoms. The standard InChI is InChI=1S/C24H19BrN4O3/c1-15-20(26-23(32-15)18-12-17(25)8-9-22(18)31-2)14-28-10-11-29-21(24(28)30)13-19(27-29)16-6-4-3-5-7-16/h3-13H,14H2,1-2H3. The molecular weight excluding hydrogens is 472 g/mol. The van der Waals surface area contributed by atoms with Gasteiger partial charge in [-0.2, -0.15) is 5.10 Å². The van der Waals surface area contributed by atoms with Gasteiger partial charge in [-0.05, 0) is 31.2 Å². The van der Waals surface area contributed by atoms with Gasteiger partial charge in [0, 0.05) is 22.4 Å². The molecule has 0 N–H and O–H groups in total. The Hall–Kier alpha value is -3.65. The fourth-order valence-corrected chi connectivity index (χ4v) is 3.96. The van der Waals surface area contributed by atoms with E-state index >= 15 is 0 Å². The fourth-order valence-electron chi connectivity index (χ4n) is 3.60. The maximum absolute atomic E-state index is 13.1. The summed E-state index contributed by atoms with van der Waals surface area (Å²) in [7, 11) is 1.60. The molecule has 7 nitrogen and oxygen atoms in total. The third-order valence-corrected chi connectivity index (χ3v) is 5.77. The maximum atomic E-state index is 13.1. The summed E-state index contributed by atoms with van der Waals surface area (Å²) in [6.07, 6.45) is 3.49. The van der Waals surface area contributed by atoms with E-state index in [1.54, 1.807) is 28.6 Å². The largest absolute Gasteiger partial charge is 0.496 e. The van der Waals surface area contributed by atoms with Gasteiger partial charge in [-0.25, -0.2) is 9.50 Å². The molecule has 0 fully saturated rings. The van der Waals surface area contributed by atoms with E-state index in [0.717, 1.165) is 21.3 Å². The molecule has 0 unspecified atom stereocenters. The van der Waals surface area contributed by atoms with Gasteiger partial charge in [-0.15, -0.1) is 0 Å². The summed E-state index contributed by atoms with van der Waals surface area (Å²) in [5.74, 6) is 1.75. The summed E-state index contributed by atoms with van der Waals surface area (Å²) in [5, 5.41) is 4.53. The average molecular weight is 491 g/mol.